The van der Waals surface area contributed by atoms with E-state index in [2.05, 4.69) is 54.5 Å². The largest absolute Gasteiger partial charge is 0.432 e. The molecule has 0 amide bonds. The fourth-order valence-corrected chi connectivity index (χ4v) is 17.5. The molecule has 0 bridgehead atoms. The third-order valence-electron chi connectivity index (χ3n) is 22.7. The molecular formula is C58H94O25. The number of rotatable bonds is 11. The first kappa shape index (κ1) is 64.3. The quantitative estimate of drug-likeness (QED) is 0.0610. The van der Waals surface area contributed by atoms with Gasteiger partial charge in [0.05, 0.1) is 44.2 Å². The van der Waals surface area contributed by atoms with Gasteiger partial charge >= 0.3 is 5.97 Å². The van der Waals surface area contributed by atoms with E-state index >= 15 is 4.79 Å². The van der Waals surface area contributed by atoms with Gasteiger partial charge < -0.3 is 119 Å². The maximum absolute atomic E-state index is 15.4. The first-order valence-corrected chi connectivity index (χ1v) is 30.0. The van der Waals surface area contributed by atoms with E-state index in [9.17, 15) is 71.5 Å². The van der Waals surface area contributed by atoms with Crippen LogP contribution in [-0.4, -0.2) is 251 Å². The zero-order valence-electron chi connectivity index (χ0n) is 49.0. The predicted molar refractivity (Wildman–Crippen MR) is 282 cm³/mol. The normalized spacial score (nSPS) is 55.1. The van der Waals surface area contributed by atoms with Crippen molar-refractivity contribution in [2.24, 2.45) is 50.2 Å². The average Bonchev–Trinajstić information content (AvgIpc) is 1.27. The van der Waals surface area contributed by atoms with E-state index in [1.54, 1.807) is 0 Å². The molecule has 32 atom stereocenters. The number of allylic oxidation sites excluding steroid dienone is 2. The van der Waals surface area contributed by atoms with Gasteiger partial charge in [-0.1, -0.05) is 60.1 Å². The van der Waals surface area contributed by atoms with Crippen LogP contribution in [-0.2, 0) is 52.2 Å². The minimum atomic E-state index is -1.95. The third-order valence-corrected chi connectivity index (χ3v) is 22.7. The van der Waals surface area contributed by atoms with Gasteiger partial charge in [-0.2, -0.15) is 0 Å². The fraction of sp³-hybridized carbons (Fsp3) is 0.948. The molecule has 0 aromatic heterocycles. The molecule has 5 unspecified atom stereocenters. The number of hydrogen-bond acceptors (Lipinski definition) is 25. The smallest absolute Gasteiger partial charge is 0.317 e. The first-order chi connectivity index (χ1) is 38.8. The molecule has 25 heteroatoms. The first-order valence-electron chi connectivity index (χ1n) is 30.0. The summed E-state index contributed by atoms with van der Waals surface area (Å²) in [6.07, 6.45) is -29.8. The van der Waals surface area contributed by atoms with Crippen LogP contribution >= 0.6 is 0 Å². The predicted octanol–water partition coefficient (Wildman–Crippen LogP) is -1.91. The molecule has 5 aliphatic carbocycles. The van der Waals surface area contributed by atoms with Crippen molar-refractivity contribution in [2.45, 2.75) is 274 Å². The second kappa shape index (κ2) is 23.3. The van der Waals surface area contributed by atoms with Crippen LogP contribution in [0.3, 0.4) is 0 Å². The van der Waals surface area contributed by atoms with Crippen molar-refractivity contribution < 1.29 is 124 Å². The number of hydrogen-bond donors (Lipinski definition) is 14. The topological polar surface area (TPSA) is 393 Å². The lowest BCUT2D eigenvalue weighted by Gasteiger charge is -2.71. The summed E-state index contributed by atoms with van der Waals surface area (Å²) >= 11 is 0. The summed E-state index contributed by atoms with van der Waals surface area (Å²) in [5.74, 6) is -0.986. The average molecular weight is 1190 g/mol. The van der Waals surface area contributed by atoms with Gasteiger partial charge in [-0.25, -0.2) is 0 Å². The number of carbonyl (C=O) groups is 1. The van der Waals surface area contributed by atoms with Gasteiger partial charge in [0, 0.05) is 0 Å². The van der Waals surface area contributed by atoms with Crippen LogP contribution in [0.15, 0.2) is 11.6 Å². The Hall–Kier alpha value is -1.71. The summed E-state index contributed by atoms with van der Waals surface area (Å²) in [6.45, 7) is 16.9. The van der Waals surface area contributed by atoms with Gasteiger partial charge in [-0.3, -0.25) is 4.79 Å². The van der Waals surface area contributed by atoms with Crippen LogP contribution < -0.4 is 0 Å². The van der Waals surface area contributed by atoms with Crippen molar-refractivity contribution in [3.05, 3.63) is 11.6 Å². The molecule has 14 N–H and O–H groups in total. The van der Waals surface area contributed by atoms with Gasteiger partial charge in [0.25, 0.3) is 0 Å². The lowest BCUT2D eigenvalue weighted by molar-refractivity contribution is -0.377. The summed E-state index contributed by atoms with van der Waals surface area (Å²) in [5, 5.41) is 153. The zero-order valence-corrected chi connectivity index (χ0v) is 49.0. The van der Waals surface area contributed by atoms with E-state index in [4.69, 9.17) is 47.4 Å². The van der Waals surface area contributed by atoms with Crippen LogP contribution in [0.5, 0.6) is 0 Å². The number of carbonyl (C=O) groups excluding carboxylic acids is 1. The fourth-order valence-electron chi connectivity index (χ4n) is 17.5. The summed E-state index contributed by atoms with van der Waals surface area (Å²) in [6, 6.07) is 0. The second-order valence-electron chi connectivity index (χ2n) is 28.3. The molecule has 25 nitrogen and oxygen atoms in total. The second-order valence-corrected chi connectivity index (χ2v) is 28.3. The Morgan fingerprint density at radius 3 is 1.82 bits per heavy atom. The molecule has 5 aliphatic heterocycles. The minimum absolute atomic E-state index is 0.140. The van der Waals surface area contributed by atoms with Gasteiger partial charge in [-0.05, 0) is 116 Å². The Kier molecular flexibility index (Phi) is 18.0. The highest BCUT2D eigenvalue weighted by molar-refractivity contribution is 5.80. The molecule has 0 spiro atoms. The molecule has 5 saturated heterocycles. The van der Waals surface area contributed by atoms with Gasteiger partial charge in [0.2, 0.25) is 6.29 Å². The monoisotopic (exact) mass is 1190 g/mol. The molecule has 83 heavy (non-hydrogen) atoms. The van der Waals surface area contributed by atoms with Crippen molar-refractivity contribution in [1.82, 2.24) is 0 Å². The molecule has 0 radical (unpaired) electrons. The number of fused-ring (bicyclic) bond motifs is 7. The molecule has 10 aliphatic rings. The SMILES string of the molecule is C[C@@H]1OC(O[C@H]2[C@H](O)COC(O[C@@H]3[C@@H](O)[C@@H](O)C(O[C@H]4C(OC(=O)[C@]56CCC(C)(C)C[C@@H]5C5=CC[C@@H]7[C@@]8(C)CC[C@H](OC9O[C@H](CO)[C@@H](O)[C@H](O)[C@H]9O)C(C)(C)[C@@H]8CC[C@@]7(C)[C@]5(C)C[C@H]6O)OC[C@@H](O)[C@@H]4O)O[C@H]3C)[C@@H]2O)[C@H](O)[C@H](O)[C@H]1O. The summed E-state index contributed by atoms with van der Waals surface area (Å²) in [7, 11) is 0. The van der Waals surface area contributed by atoms with E-state index in [1.165, 1.54) is 13.8 Å². The number of esters is 1. The van der Waals surface area contributed by atoms with Crippen LogP contribution in [0.1, 0.15) is 120 Å². The van der Waals surface area contributed by atoms with Crippen LogP contribution in [0.25, 0.3) is 0 Å². The van der Waals surface area contributed by atoms with Crippen LogP contribution in [0.2, 0.25) is 0 Å². The molecule has 476 valence electrons. The number of aliphatic hydroxyl groups excluding tert-OH is 14. The number of aliphatic hydroxyl groups is 14. The molecular weight excluding hydrogens is 1100 g/mol. The highest BCUT2D eigenvalue weighted by atomic mass is 16.8. The van der Waals surface area contributed by atoms with Gasteiger partial charge in [0.15, 0.2) is 31.3 Å². The van der Waals surface area contributed by atoms with E-state index in [0.717, 1.165) is 24.8 Å². The summed E-state index contributed by atoms with van der Waals surface area (Å²) < 4.78 is 59.4. The highest BCUT2D eigenvalue weighted by Gasteiger charge is 2.72. The molecule has 0 aromatic carbocycles. The zero-order chi connectivity index (χ0) is 60.6. The maximum atomic E-state index is 15.4. The Labute approximate surface area is 483 Å². The Bertz CT molecular complexity index is 2330. The van der Waals surface area contributed by atoms with Crippen molar-refractivity contribution in [3.63, 3.8) is 0 Å². The molecule has 10 rings (SSSR count). The Morgan fingerprint density at radius 1 is 0.554 bits per heavy atom. The van der Waals surface area contributed by atoms with Gasteiger partial charge in [0.1, 0.15) is 97.0 Å². The highest BCUT2D eigenvalue weighted by Crippen LogP contribution is 2.76. The summed E-state index contributed by atoms with van der Waals surface area (Å²) in [4.78, 5) is 15.4. The molecule has 0 aromatic rings. The van der Waals surface area contributed by atoms with E-state index < -0.39 is 195 Å². The maximum Gasteiger partial charge on any atom is 0.317 e. The lowest BCUT2D eigenvalue weighted by atomic mass is 9.33. The van der Waals surface area contributed by atoms with Crippen molar-refractivity contribution in [1.29, 1.82) is 0 Å². The van der Waals surface area contributed by atoms with Crippen molar-refractivity contribution in [2.75, 3.05) is 19.8 Å². The standard InChI is InChI=1S/C58H94O25/c1-23-34(63)37(66)40(69)48(76-23)81-45-28(61)22-74-47(43(45)72)80-44-24(2)77-49(42(71)39(44)68)82-46-35(64)27(60)21-75-51(46)83-52(73)58-17-16-53(3,4)18-26(58)25-10-11-31-55(7)14-13-33(79-50-41(70)38(67)36(65)29(20-59)78-50)54(5,6)30(55)12-15-56(31,8)57(25,9)19-32(58)62/h10,23-24,26-51,59-72H,11-22H2,1-9H3/t23-,24-,26+,27+,28+,29+,30-,31+,32+,33-,34-,35-,36+,37+,38-,39-,40+,41+,42+,43+,44-,45-,46+,47?,48?,49?,50?,51?,55-,56+,57+,58+/m0/s1. The molecule has 9 fully saturated rings. The van der Waals surface area contributed by atoms with Gasteiger partial charge in [-0.15, -0.1) is 0 Å². The van der Waals surface area contributed by atoms with Crippen LogP contribution in [0, 0.1) is 50.2 Å². The van der Waals surface area contributed by atoms with Crippen molar-refractivity contribution in [3.8, 4) is 0 Å². The summed E-state index contributed by atoms with van der Waals surface area (Å²) in [5.41, 5.74) is -2.24. The Morgan fingerprint density at radius 2 is 1.14 bits per heavy atom. The van der Waals surface area contributed by atoms with Crippen LogP contribution in [0.4, 0.5) is 0 Å². The third kappa shape index (κ3) is 10.6. The number of ether oxygens (including phenoxy) is 10. The lowest BCUT2D eigenvalue weighted by Crippen LogP contribution is -2.68. The van der Waals surface area contributed by atoms with E-state index in [0.29, 0.717) is 25.7 Å². The minimum Gasteiger partial charge on any atom is -0.432 e. The molecule has 5 heterocycles. The Balaban J connectivity index is 0.842. The van der Waals surface area contributed by atoms with E-state index in [-0.39, 0.29) is 47.0 Å². The van der Waals surface area contributed by atoms with Crippen molar-refractivity contribution >= 4 is 5.97 Å². The molecule has 4 saturated carbocycles. The van der Waals surface area contributed by atoms with E-state index in [1.807, 2.05) is 0 Å².